The maximum Gasteiger partial charge on any atom is 0.326 e. The van der Waals surface area contributed by atoms with E-state index in [2.05, 4.69) is 10.6 Å². The Morgan fingerprint density at radius 3 is 2.14 bits per heavy atom. The van der Waals surface area contributed by atoms with Gasteiger partial charge in [0.25, 0.3) is 17.7 Å². The number of fused-ring (bicyclic) bond motifs is 1. The molecule has 0 spiro atoms. The summed E-state index contributed by atoms with van der Waals surface area (Å²) < 4.78 is 0. The zero-order valence-corrected chi connectivity index (χ0v) is 15.7. The first kappa shape index (κ1) is 19.1. The predicted octanol–water partition coefficient (Wildman–Crippen LogP) is 2.63. The largest absolute Gasteiger partial charge is 0.399 e. The molecule has 5 amide bonds. The van der Waals surface area contributed by atoms with E-state index >= 15 is 0 Å². The number of urea groups is 1. The highest BCUT2D eigenvalue weighted by Gasteiger charge is 2.41. The van der Waals surface area contributed by atoms with Gasteiger partial charge in [0.05, 0.1) is 11.1 Å². The SMILES string of the molecule is CC(C)(C)N1C(=O)c2ccc(NC(=O)NC(=O)c3ccc(N)cc3)cc2C1=O. The monoisotopic (exact) mass is 380 g/mol. The van der Waals surface area contributed by atoms with E-state index in [1.54, 1.807) is 32.9 Å². The van der Waals surface area contributed by atoms with Crippen LogP contribution in [0.15, 0.2) is 42.5 Å². The predicted molar refractivity (Wildman–Crippen MR) is 104 cm³/mol. The van der Waals surface area contributed by atoms with Gasteiger partial charge < -0.3 is 11.1 Å². The van der Waals surface area contributed by atoms with E-state index in [9.17, 15) is 19.2 Å². The number of benzene rings is 2. The molecule has 8 heteroatoms. The lowest BCUT2D eigenvalue weighted by atomic mass is 10.1. The van der Waals surface area contributed by atoms with E-state index in [0.29, 0.717) is 11.4 Å². The number of amides is 5. The standard InChI is InChI=1S/C20H20N4O4/c1-20(2,3)24-17(26)14-9-8-13(10-15(14)18(24)27)22-19(28)23-16(25)11-4-6-12(21)7-5-11/h4-10H,21H2,1-3H3,(H2,22,23,25,28). The summed E-state index contributed by atoms with van der Waals surface area (Å²) in [5, 5.41) is 4.69. The number of hydrogen-bond acceptors (Lipinski definition) is 5. The highest BCUT2D eigenvalue weighted by atomic mass is 16.2. The third-order valence-electron chi connectivity index (χ3n) is 4.22. The van der Waals surface area contributed by atoms with Crippen LogP contribution in [0.25, 0.3) is 0 Å². The number of rotatable bonds is 2. The van der Waals surface area contributed by atoms with E-state index < -0.39 is 23.4 Å². The van der Waals surface area contributed by atoms with Crippen molar-refractivity contribution in [2.45, 2.75) is 26.3 Å². The quantitative estimate of drug-likeness (QED) is 0.546. The van der Waals surface area contributed by atoms with Crippen LogP contribution in [0.5, 0.6) is 0 Å². The topological polar surface area (TPSA) is 122 Å². The van der Waals surface area contributed by atoms with Gasteiger partial charge in [0.2, 0.25) is 0 Å². The summed E-state index contributed by atoms with van der Waals surface area (Å²) in [5.74, 6) is -1.39. The average Bonchev–Trinajstić information content (AvgIpc) is 2.85. The second-order valence-corrected chi connectivity index (χ2v) is 7.41. The van der Waals surface area contributed by atoms with Crippen molar-refractivity contribution >= 4 is 35.1 Å². The Balaban J connectivity index is 1.73. The van der Waals surface area contributed by atoms with Gasteiger partial charge >= 0.3 is 6.03 Å². The zero-order chi connectivity index (χ0) is 20.6. The molecule has 4 N–H and O–H groups in total. The number of nitrogens with two attached hydrogens (primary N) is 1. The lowest BCUT2D eigenvalue weighted by molar-refractivity contribution is 0.0507. The molecule has 0 aromatic heterocycles. The van der Waals surface area contributed by atoms with E-state index in [4.69, 9.17) is 5.73 Å². The molecule has 28 heavy (non-hydrogen) atoms. The van der Waals surface area contributed by atoms with Crippen LogP contribution >= 0.6 is 0 Å². The number of nitrogen functional groups attached to an aromatic ring is 1. The Morgan fingerprint density at radius 1 is 0.929 bits per heavy atom. The summed E-state index contributed by atoms with van der Waals surface area (Å²) in [5.41, 5.74) is 6.47. The molecule has 0 saturated carbocycles. The first-order valence-corrected chi connectivity index (χ1v) is 8.59. The summed E-state index contributed by atoms with van der Waals surface area (Å²) >= 11 is 0. The molecule has 8 nitrogen and oxygen atoms in total. The molecule has 2 aromatic rings. The van der Waals surface area contributed by atoms with E-state index in [1.807, 2.05) is 0 Å². The summed E-state index contributed by atoms with van der Waals surface area (Å²) in [6.07, 6.45) is 0. The fraction of sp³-hybridized carbons (Fsp3) is 0.200. The molecule has 3 rings (SSSR count). The summed E-state index contributed by atoms with van der Waals surface area (Å²) in [7, 11) is 0. The Kier molecular flexibility index (Phi) is 4.64. The highest BCUT2D eigenvalue weighted by Crippen LogP contribution is 2.30. The smallest absolute Gasteiger partial charge is 0.326 e. The van der Waals surface area contributed by atoms with Crippen molar-refractivity contribution in [3.63, 3.8) is 0 Å². The molecule has 0 fully saturated rings. The third kappa shape index (κ3) is 3.57. The van der Waals surface area contributed by atoms with Crippen LogP contribution < -0.4 is 16.4 Å². The minimum absolute atomic E-state index is 0.211. The number of imide groups is 2. The first-order chi connectivity index (χ1) is 13.1. The molecule has 1 heterocycles. The van der Waals surface area contributed by atoms with Gasteiger partial charge in [0, 0.05) is 22.5 Å². The molecular weight excluding hydrogens is 360 g/mol. The van der Waals surface area contributed by atoms with Gasteiger partial charge in [-0.15, -0.1) is 0 Å². The number of nitrogens with one attached hydrogen (secondary N) is 2. The van der Waals surface area contributed by atoms with Crippen molar-refractivity contribution < 1.29 is 19.2 Å². The van der Waals surface area contributed by atoms with E-state index in [1.165, 1.54) is 35.2 Å². The number of anilines is 2. The molecule has 1 aliphatic rings. The molecule has 0 unspecified atom stereocenters. The van der Waals surface area contributed by atoms with Crippen molar-refractivity contribution in [1.82, 2.24) is 10.2 Å². The maximum atomic E-state index is 12.6. The Morgan fingerprint density at radius 2 is 1.54 bits per heavy atom. The number of hydrogen-bond donors (Lipinski definition) is 3. The molecule has 0 atom stereocenters. The van der Waals surface area contributed by atoms with Gasteiger partial charge in [0.1, 0.15) is 0 Å². The zero-order valence-electron chi connectivity index (χ0n) is 15.7. The lowest BCUT2D eigenvalue weighted by Gasteiger charge is -2.29. The highest BCUT2D eigenvalue weighted by molar-refractivity contribution is 6.22. The van der Waals surface area contributed by atoms with Gasteiger partial charge in [-0.1, -0.05) is 0 Å². The van der Waals surface area contributed by atoms with Crippen LogP contribution in [0.3, 0.4) is 0 Å². The third-order valence-corrected chi connectivity index (χ3v) is 4.22. The number of carbonyl (C=O) groups is 4. The molecule has 0 aliphatic carbocycles. The summed E-state index contributed by atoms with van der Waals surface area (Å²) in [6, 6.07) is 9.76. The minimum atomic E-state index is -0.758. The molecule has 144 valence electrons. The van der Waals surface area contributed by atoms with Gasteiger partial charge in [-0.3, -0.25) is 24.6 Å². The van der Waals surface area contributed by atoms with Crippen LogP contribution in [0.1, 0.15) is 51.8 Å². The normalized spacial score (nSPS) is 13.3. The summed E-state index contributed by atoms with van der Waals surface area (Å²) in [4.78, 5) is 50.4. The summed E-state index contributed by atoms with van der Waals surface area (Å²) in [6.45, 7) is 5.30. The van der Waals surface area contributed by atoms with Gasteiger partial charge in [0.15, 0.2) is 0 Å². The van der Waals surface area contributed by atoms with Crippen molar-refractivity contribution in [1.29, 1.82) is 0 Å². The Bertz CT molecular complexity index is 990. The molecule has 0 radical (unpaired) electrons. The first-order valence-electron chi connectivity index (χ1n) is 8.59. The van der Waals surface area contributed by atoms with Gasteiger partial charge in [-0.05, 0) is 63.2 Å². The van der Waals surface area contributed by atoms with Crippen LogP contribution in [0.4, 0.5) is 16.2 Å². The van der Waals surface area contributed by atoms with Crippen molar-refractivity contribution in [3.8, 4) is 0 Å². The molecule has 1 aliphatic heterocycles. The average molecular weight is 380 g/mol. The molecule has 0 saturated heterocycles. The molecule has 2 aromatic carbocycles. The van der Waals surface area contributed by atoms with Crippen LogP contribution in [0.2, 0.25) is 0 Å². The van der Waals surface area contributed by atoms with E-state index in [-0.39, 0.29) is 22.6 Å². The number of nitrogens with zero attached hydrogens (tertiary/aromatic N) is 1. The van der Waals surface area contributed by atoms with Crippen LogP contribution in [-0.4, -0.2) is 34.2 Å². The van der Waals surface area contributed by atoms with Crippen molar-refractivity contribution in [2.24, 2.45) is 0 Å². The number of carbonyl (C=O) groups excluding carboxylic acids is 4. The minimum Gasteiger partial charge on any atom is -0.399 e. The van der Waals surface area contributed by atoms with Crippen molar-refractivity contribution in [2.75, 3.05) is 11.1 Å². The fourth-order valence-corrected chi connectivity index (χ4v) is 2.90. The van der Waals surface area contributed by atoms with E-state index in [0.717, 1.165) is 0 Å². The van der Waals surface area contributed by atoms with Crippen LogP contribution in [0, 0.1) is 0 Å². The molecule has 0 bridgehead atoms. The Hall–Kier alpha value is -3.68. The molecular formula is C20H20N4O4. The lowest BCUT2D eigenvalue weighted by Crippen LogP contribution is -2.45. The van der Waals surface area contributed by atoms with Gasteiger partial charge in [-0.25, -0.2) is 4.79 Å². The fourth-order valence-electron chi connectivity index (χ4n) is 2.90. The second kappa shape index (κ2) is 6.80. The van der Waals surface area contributed by atoms with Crippen molar-refractivity contribution in [3.05, 3.63) is 59.2 Å². The van der Waals surface area contributed by atoms with Crippen LogP contribution in [-0.2, 0) is 0 Å². The Labute approximate surface area is 161 Å². The second-order valence-electron chi connectivity index (χ2n) is 7.41. The maximum absolute atomic E-state index is 12.6. The van der Waals surface area contributed by atoms with Gasteiger partial charge in [-0.2, -0.15) is 0 Å².